The quantitative estimate of drug-likeness (QED) is 0.473. The Balaban J connectivity index is 1.88. The van der Waals surface area contributed by atoms with Crippen molar-refractivity contribution >= 4 is 5.69 Å². The van der Waals surface area contributed by atoms with Gasteiger partial charge in [0.15, 0.2) is 0 Å². The van der Waals surface area contributed by atoms with Crippen molar-refractivity contribution in [2.75, 3.05) is 20.1 Å². The van der Waals surface area contributed by atoms with Crippen molar-refractivity contribution in [3.63, 3.8) is 0 Å². The van der Waals surface area contributed by atoms with Crippen LogP contribution in [-0.2, 0) is 6.54 Å². The molecule has 110 valence electrons. The maximum absolute atomic E-state index is 13.5. The molecule has 0 amide bonds. The lowest BCUT2D eigenvalue weighted by atomic mass is 10.2. The molecule has 2 rings (SSSR count). The number of likely N-dealkylation sites (N-methyl/N-ethyl adjacent to an activating group) is 1. The summed E-state index contributed by atoms with van der Waals surface area (Å²) >= 11 is 0. The molecule has 1 aromatic rings. The number of hydrogen-bond donors (Lipinski definition) is 1. The van der Waals surface area contributed by atoms with E-state index in [4.69, 9.17) is 0 Å². The molecule has 0 heterocycles. The van der Waals surface area contributed by atoms with Gasteiger partial charge in [-0.1, -0.05) is 0 Å². The van der Waals surface area contributed by atoms with Gasteiger partial charge in [-0.15, -0.1) is 0 Å². The number of nitro benzene ring substituents is 1. The van der Waals surface area contributed by atoms with Gasteiger partial charge in [0.1, 0.15) is 5.82 Å². The standard InChI is InChI=1S/C13H17F2N3O2/c1-17(10-2-3-10)5-4-16-8-9-6-13(18(19)20)12(15)7-11(9)14/h6-7,10,16H,2-5,8H2,1H3. The minimum Gasteiger partial charge on any atom is -0.311 e. The lowest BCUT2D eigenvalue weighted by Crippen LogP contribution is -2.30. The van der Waals surface area contributed by atoms with Crippen LogP contribution in [0.15, 0.2) is 12.1 Å². The minimum atomic E-state index is -1.15. The summed E-state index contributed by atoms with van der Waals surface area (Å²) in [6.45, 7) is 1.62. The summed E-state index contributed by atoms with van der Waals surface area (Å²) in [5, 5.41) is 13.6. The normalized spacial score (nSPS) is 14.8. The molecule has 0 aliphatic heterocycles. The van der Waals surface area contributed by atoms with Crippen molar-refractivity contribution in [3.8, 4) is 0 Å². The second kappa shape index (κ2) is 6.23. The van der Waals surface area contributed by atoms with Gasteiger partial charge in [0.05, 0.1) is 4.92 Å². The summed E-state index contributed by atoms with van der Waals surface area (Å²) in [5.41, 5.74) is -0.592. The zero-order valence-corrected chi connectivity index (χ0v) is 11.2. The van der Waals surface area contributed by atoms with Crippen LogP contribution in [0, 0.1) is 21.7 Å². The zero-order chi connectivity index (χ0) is 14.7. The number of nitro groups is 1. The van der Waals surface area contributed by atoms with Crippen LogP contribution in [0.25, 0.3) is 0 Å². The first-order chi connectivity index (χ1) is 9.49. The highest BCUT2D eigenvalue weighted by atomic mass is 19.1. The van der Waals surface area contributed by atoms with E-state index in [1.165, 1.54) is 12.8 Å². The highest BCUT2D eigenvalue weighted by molar-refractivity contribution is 5.37. The molecule has 20 heavy (non-hydrogen) atoms. The van der Waals surface area contributed by atoms with Gasteiger partial charge in [0, 0.05) is 43.4 Å². The monoisotopic (exact) mass is 285 g/mol. The Labute approximate surface area is 115 Å². The molecular weight excluding hydrogens is 268 g/mol. The van der Waals surface area contributed by atoms with Crippen molar-refractivity contribution in [2.24, 2.45) is 0 Å². The fourth-order valence-electron chi connectivity index (χ4n) is 2.03. The maximum atomic E-state index is 13.5. The van der Waals surface area contributed by atoms with E-state index >= 15 is 0 Å². The van der Waals surface area contributed by atoms with Crippen LogP contribution >= 0.6 is 0 Å². The second-order valence-corrected chi connectivity index (χ2v) is 5.04. The van der Waals surface area contributed by atoms with E-state index < -0.39 is 22.2 Å². The largest absolute Gasteiger partial charge is 0.311 e. The lowest BCUT2D eigenvalue weighted by molar-refractivity contribution is -0.387. The predicted molar refractivity (Wildman–Crippen MR) is 70.4 cm³/mol. The summed E-state index contributed by atoms with van der Waals surface area (Å²) < 4.78 is 26.7. The topological polar surface area (TPSA) is 58.4 Å². The van der Waals surface area contributed by atoms with E-state index in [9.17, 15) is 18.9 Å². The van der Waals surface area contributed by atoms with Gasteiger partial charge in [-0.3, -0.25) is 10.1 Å². The summed E-state index contributed by atoms with van der Waals surface area (Å²) in [6, 6.07) is 2.16. The van der Waals surface area contributed by atoms with Crippen molar-refractivity contribution < 1.29 is 13.7 Å². The van der Waals surface area contributed by atoms with Gasteiger partial charge in [-0.2, -0.15) is 4.39 Å². The third-order valence-corrected chi connectivity index (χ3v) is 3.44. The van der Waals surface area contributed by atoms with Crippen LogP contribution in [0.5, 0.6) is 0 Å². The fraction of sp³-hybridized carbons (Fsp3) is 0.538. The Kier molecular flexibility index (Phi) is 4.61. The van der Waals surface area contributed by atoms with E-state index in [2.05, 4.69) is 10.2 Å². The number of benzene rings is 1. The molecule has 5 nitrogen and oxygen atoms in total. The smallest absolute Gasteiger partial charge is 0.305 e. The molecule has 0 bridgehead atoms. The summed E-state index contributed by atoms with van der Waals surface area (Å²) in [5.74, 6) is -1.92. The first kappa shape index (κ1) is 14.8. The third kappa shape index (κ3) is 3.71. The van der Waals surface area contributed by atoms with Crippen LogP contribution in [0.2, 0.25) is 0 Å². The summed E-state index contributed by atoms with van der Waals surface area (Å²) in [7, 11) is 2.03. The Morgan fingerprint density at radius 3 is 2.70 bits per heavy atom. The molecule has 0 atom stereocenters. The Hall–Kier alpha value is -1.60. The minimum absolute atomic E-state index is 0.104. The van der Waals surface area contributed by atoms with Gasteiger partial charge in [-0.05, 0) is 19.9 Å². The van der Waals surface area contributed by atoms with Gasteiger partial charge in [0.25, 0.3) is 0 Å². The molecule has 1 N–H and O–H groups in total. The molecule has 0 saturated heterocycles. The van der Waals surface area contributed by atoms with E-state index in [-0.39, 0.29) is 12.1 Å². The number of nitrogens with zero attached hydrogens (tertiary/aromatic N) is 2. The molecule has 1 aliphatic carbocycles. The van der Waals surface area contributed by atoms with Gasteiger partial charge < -0.3 is 10.2 Å². The maximum Gasteiger partial charge on any atom is 0.305 e. The molecule has 1 aliphatic rings. The van der Waals surface area contributed by atoms with Crippen LogP contribution in [0.1, 0.15) is 18.4 Å². The number of nitrogens with one attached hydrogen (secondary N) is 1. The molecule has 0 spiro atoms. The van der Waals surface area contributed by atoms with Crippen LogP contribution in [0.3, 0.4) is 0 Å². The average Bonchev–Trinajstić information content (AvgIpc) is 3.20. The van der Waals surface area contributed by atoms with Gasteiger partial charge >= 0.3 is 5.69 Å². The third-order valence-electron chi connectivity index (χ3n) is 3.44. The van der Waals surface area contributed by atoms with E-state index in [0.717, 1.165) is 12.6 Å². The molecule has 1 fully saturated rings. The predicted octanol–water partition coefficient (Wildman–Crippen LogP) is 2.06. The average molecular weight is 285 g/mol. The van der Waals surface area contributed by atoms with E-state index in [1.54, 1.807) is 0 Å². The van der Waals surface area contributed by atoms with Crippen molar-refractivity contribution in [2.45, 2.75) is 25.4 Å². The molecule has 0 radical (unpaired) electrons. The van der Waals surface area contributed by atoms with Crippen LogP contribution < -0.4 is 5.32 Å². The van der Waals surface area contributed by atoms with E-state index in [0.29, 0.717) is 18.7 Å². The lowest BCUT2D eigenvalue weighted by Gasteiger charge is -2.15. The van der Waals surface area contributed by atoms with Gasteiger partial charge in [-0.25, -0.2) is 4.39 Å². The Morgan fingerprint density at radius 1 is 1.40 bits per heavy atom. The molecule has 1 aromatic carbocycles. The number of halogens is 2. The van der Waals surface area contributed by atoms with Crippen molar-refractivity contribution in [1.29, 1.82) is 0 Å². The number of hydrogen-bond acceptors (Lipinski definition) is 4. The Bertz CT molecular complexity index is 507. The number of rotatable bonds is 7. The van der Waals surface area contributed by atoms with Crippen LogP contribution in [0.4, 0.5) is 14.5 Å². The molecule has 7 heteroatoms. The van der Waals surface area contributed by atoms with Crippen LogP contribution in [-0.4, -0.2) is 36.0 Å². The first-order valence-electron chi connectivity index (χ1n) is 6.52. The van der Waals surface area contributed by atoms with Crippen molar-refractivity contribution in [1.82, 2.24) is 10.2 Å². The molecule has 0 aromatic heterocycles. The Morgan fingerprint density at radius 2 is 2.10 bits per heavy atom. The second-order valence-electron chi connectivity index (χ2n) is 5.04. The molecular formula is C13H17F2N3O2. The van der Waals surface area contributed by atoms with E-state index in [1.807, 2.05) is 7.05 Å². The zero-order valence-electron chi connectivity index (χ0n) is 11.2. The molecule has 1 saturated carbocycles. The molecule has 0 unspecified atom stereocenters. The summed E-state index contributed by atoms with van der Waals surface area (Å²) in [6.07, 6.45) is 2.44. The highest BCUT2D eigenvalue weighted by Crippen LogP contribution is 2.24. The fourth-order valence-corrected chi connectivity index (χ4v) is 2.03. The van der Waals surface area contributed by atoms with Gasteiger partial charge in [0.2, 0.25) is 5.82 Å². The SMILES string of the molecule is CN(CCNCc1cc([N+](=O)[O-])c(F)cc1F)C1CC1. The summed E-state index contributed by atoms with van der Waals surface area (Å²) in [4.78, 5) is 12.0. The first-order valence-corrected chi connectivity index (χ1v) is 6.52. The highest BCUT2D eigenvalue weighted by Gasteiger charge is 2.25. The van der Waals surface area contributed by atoms with Crippen molar-refractivity contribution in [3.05, 3.63) is 39.4 Å².